The van der Waals surface area contributed by atoms with Crippen molar-refractivity contribution in [1.29, 1.82) is 0 Å². The lowest BCUT2D eigenvalue weighted by molar-refractivity contribution is -0.384. The van der Waals surface area contributed by atoms with Crippen LogP contribution in [-0.2, 0) is 16.1 Å². The van der Waals surface area contributed by atoms with Crippen LogP contribution in [0.1, 0.15) is 48.0 Å². The van der Waals surface area contributed by atoms with Crippen molar-refractivity contribution in [1.82, 2.24) is 4.98 Å². The molecule has 0 unspecified atom stereocenters. The number of nitrogens with one attached hydrogen (secondary N) is 1. The Labute approximate surface area is 262 Å². The number of carbonyl (C=O) groups is 2. The number of aromatic nitrogens is 1. The molecule has 46 heavy (non-hydrogen) atoms. The van der Waals surface area contributed by atoms with Crippen LogP contribution in [0.2, 0.25) is 0 Å². The molecule has 0 aliphatic rings. The highest BCUT2D eigenvalue weighted by Crippen LogP contribution is 2.40. The number of ether oxygens (including phenoxy) is 4. The van der Waals surface area contributed by atoms with Gasteiger partial charge in [0, 0.05) is 26.3 Å². The number of benzene rings is 2. The summed E-state index contributed by atoms with van der Waals surface area (Å²) in [6.07, 6.45) is 0.278. The lowest BCUT2D eigenvalue weighted by Gasteiger charge is -2.24. The quantitative estimate of drug-likeness (QED) is 0.110. The molecule has 0 bridgehead atoms. The van der Waals surface area contributed by atoms with Gasteiger partial charge in [0.05, 0.1) is 37.3 Å². The van der Waals surface area contributed by atoms with Crippen molar-refractivity contribution in [2.45, 2.75) is 39.9 Å². The van der Waals surface area contributed by atoms with Crippen molar-refractivity contribution >= 4 is 45.7 Å². The summed E-state index contributed by atoms with van der Waals surface area (Å²) in [6.45, 7) is 6.70. The van der Waals surface area contributed by atoms with E-state index in [0.717, 1.165) is 25.2 Å². The lowest BCUT2D eigenvalue weighted by Crippen LogP contribution is -2.34. The number of furan rings is 1. The first-order valence-corrected chi connectivity index (χ1v) is 13.7. The van der Waals surface area contributed by atoms with E-state index < -0.39 is 56.9 Å². The van der Waals surface area contributed by atoms with Crippen molar-refractivity contribution in [3.63, 3.8) is 0 Å². The Hall–Kier alpha value is -5.31. The van der Waals surface area contributed by atoms with Gasteiger partial charge in [-0.1, -0.05) is 6.07 Å². The first-order valence-electron chi connectivity index (χ1n) is 13.7. The third kappa shape index (κ3) is 6.54. The molecular weight excluding hydrogens is 610 g/mol. The highest BCUT2D eigenvalue weighted by molar-refractivity contribution is 6.17. The second-order valence-electron chi connectivity index (χ2n) is 11.1. The topological polar surface area (TPSA) is 156 Å². The fraction of sp³-hybridized carbons (Fsp3) is 0.323. The van der Waals surface area contributed by atoms with Gasteiger partial charge in [-0.15, -0.1) is 0 Å². The molecule has 0 saturated heterocycles. The van der Waals surface area contributed by atoms with E-state index in [1.807, 2.05) is 0 Å². The Morgan fingerprint density at radius 1 is 1.07 bits per heavy atom. The SMILES string of the molecule is COCc1cc(C)c(Nc2cc3c(N(C)C(=O)OC(C)(C)C)c(C(=O)c4c(F)c(OC)cc(OC)c4F)oc3cn2)c([N+](=O)[O-])c1. The Morgan fingerprint density at radius 3 is 2.24 bits per heavy atom. The Bertz CT molecular complexity index is 1820. The number of methoxy groups -OCH3 is 3. The number of anilines is 3. The monoisotopic (exact) mass is 642 g/mol. The molecule has 4 rings (SSSR count). The van der Waals surface area contributed by atoms with Crippen molar-refractivity contribution in [3.8, 4) is 11.5 Å². The number of pyridine rings is 1. The summed E-state index contributed by atoms with van der Waals surface area (Å²) in [6, 6.07) is 5.38. The van der Waals surface area contributed by atoms with Crippen LogP contribution in [0.15, 0.2) is 34.9 Å². The van der Waals surface area contributed by atoms with Crippen LogP contribution in [0.5, 0.6) is 11.5 Å². The summed E-state index contributed by atoms with van der Waals surface area (Å²) in [4.78, 5) is 43.7. The van der Waals surface area contributed by atoms with Gasteiger partial charge in [0.15, 0.2) is 34.5 Å². The fourth-order valence-corrected chi connectivity index (χ4v) is 4.69. The minimum atomic E-state index is -1.32. The van der Waals surface area contributed by atoms with Crippen LogP contribution in [0.4, 0.5) is 36.5 Å². The summed E-state index contributed by atoms with van der Waals surface area (Å²) < 4.78 is 57.1. The second kappa shape index (κ2) is 13.0. The maximum Gasteiger partial charge on any atom is 0.414 e. The number of ketones is 1. The molecule has 1 N–H and O–H groups in total. The summed E-state index contributed by atoms with van der Waals surface area (Å²) in [5.74, 6) is -5.42. The van der Waals surface area contributed by atoms with Gasteiger partial charge in [-0.05, 0) is 44.9 Å². The number of carbonyl (C=O) groups excluding carboxylic acids is 2. The van der Waals surface area contributed by atoms with Gasteiger partial charge in [-0.25, -0.2) is 18.6 Å². The zero-order chi connectivity index (χ0) is 34.1. The van der Waals surface area contributed by atoms with Crippen molar-refractivity contribution < 1.29 is 46.7 Å². The minimum Gasteiger partial charge on any atom is -0.494 e. The van der Waals surface area contributed by atoms with Crippen LogP contribution < -0.4 is 19.7 Å². The molecule has 4 aromatic rings. The van der Waals surface area contributed by atoms with E-state index in [1.54, 1.807) is 33.8 Å². The van der Waals surface area contributed by atoms with Crippen LogP contribution in [0.3, 0.4) is 0 Å². The number of nitro benzene ring substituents is 1. The van der Waals surface area contributed by atoms with E-state index in [1.165, 1.54) is 32.5 Å². The molecule has 2 heterocycles. The number of nitrogens with zero attached hydrogens (tertiary/aromatic N) is 3. The van der Waals surface area contributed by atoms with Crippen molar-refractivity contribution in [2.24, 2.45) is 0 Å². The van der Waals surface area contributed by atoms with E-state index in [2.05, 4.69) is 10.3 Å². The average Bonchev–Trinajstić information content (AvgIpc) is 3.36. The van der Waals surface area contributed by atoms with Gasteiger partial charge >= 0.3 is 6.09 Å². The predicted octanol–water partition coefficient (Wildman–Crippen LogP) is 6.83. The zero-order valence-corrected chi connectivity index (χ0v) is 26.4. The predicted molar refractivity (Wildman–Crippen MR) is 163 cm³/mol. The number of fused-ring (bicyclic) bond motifs is 1. The summed E-state index contributed by atoms with van der Waals surface area (Å²) in [7, 11) is 5.01. The maximum atomic E-state index is 15.4. The molecule has 1 amide bonds. The number of rotatable bonds is 10. The molecule has 0 fully saturated rings. The number of amides is 1. The van der Waals surface area contributed by atoms with E-state index in [9.17, 15) is 19.7 Å². The molecule has 2 aromatic carbocycles. The Morgan fingerprint density at radius 2 is 1.70 bits per heavy atom. The third-order valence-corrected chi connectivity index (χ3v) is 6.69. The molecule has 0 aliphatic heterocycles. The number of nitro groups is 1. The first-order chi connectivity index (χ1) is 21.6. The Balaban J connectivity index is 1.94. The van der Waals surface area contributed by atoms with E-state index in [-0.39, 0.29) is 40.5 Å². The lowest BCUT2D eigenvalue weighted by atomic mass is 10.0. The van der Waals surface area contributed by atoms with Gasteiger partial charge in [0.2, 0.25) is 5.78 Å². The van der Waals surface area contributed by atoms with Gasteiger partial charge < -0.3 is 28.7 Å². The number of aryl methyl sites for hydroxylation is 1. The fourth-order valence-electron chi connectivity index (χ4n) is 4.69. The molecule has 2 aromatic heterocycles. The molecule has 0 aliphatic carbocycles. The second-order valence-corrected chi connectivity index (χ2v) is 11.1. The van der Waals surface area contributed by atoms with Gasteiger partial charge in [-0.3, -0.25) is 19.8 Å². The average molecular weight is 643 g/mol. The molecule has 244 valence electrons. The minimum absolute atomic E-state index is 0.0448. The molecule has 0 radical (unpaired) electrons. The van der Waals surface area contributed by atoms with Crippen LogP contribution in [-0.4, -0.2) is 55.8 Å². The highest BCUT2D eigenvalue weighted by atomic mass is 19.1. The Kier molecular flexibility index (Phi) is 9.47. The molecule has 15 heteroatoms. The van der Waals surface area contributed by atoms with E-state index in [0.29, 0.717) is 11.1 Å². The molecular formula is C31H32F2N4O9. The first kappa shape index (κ1) is 33.6. The van der Waals surface area contributed by atoms with Crippen molar-refractivity contribution in [2.75, 3.05) is 38.6 Å². The standard InChI is InChI=1S/C31H32F2N4O9/c1-15-9-16(14-42-6)10-18(37(40)41)26(15)35-22-11-17-21(13-34-22)45-29(27(17)36(5)30(39)46-31(2,3)4)28(38)23-24(32)19(43-7)12-20(44-8)25(23)33/h9-13H,14H2,1-8H3,(H,34,35). The summed E-state index contributed by atoms with van der Waals surface area (Å²) in [5.41, 5.74) is -1.29. The molecule has 0 atom stereocenters. The van der Waals surface area contributed by atoms with Crippen molar-refractivity contribution in [3.05, 3.63) is 74.7 Å². The normalized spacial score (nSPS) is 11.3. The van der Waals surface area contributed by atoms with E-state index in [4.69, 9.17) is 23.4 Å². The van der Waals surface area contributed by atoms with Crippen LogP contribution in [0.25, 0.3) is 11.0 Å². The van der Waals surface area contributed by atoms with E-state index >= 15 is 8.78 Å². The molecule has 0 saturated carbocycles. The van der Waals surface area contributed by atoms with Crippen LogP contribution in [0, 0.1) is 28.7 Å². The zero-order valence-electron chi connectivity index (χ0n) is 26.4. The molecule has 0 spiro atoms. The summed E-state index contributed by atoms with van der Waals surface area (Å²) >= 11 is 0. The third-order valence-electron chi connectivity index (χ3n) is 6.69. The number of halogens is 2. The molecule has 13 nitrogen and oxygen atoms in total. The van der Waals surface area contributed by atoms with Gasteiger partial charge in [0.1, 0.15) is 28.4 Å². The maximum absolute atomic E-state index is 15.4. The summed E-state index contributed by atoms with van der Waals surface area (Å²) in [5, 5.41) is 15.0. The number of hydrogen-bond donors (Lipinski definition) is 1. The largest absolute Gasteiger partial charge is 0.494 e. The number of hydrogen-bond acceptors (Lipinski definition) is 11. The smallest absolute Gasteiger partial charge is 0.414 e. The van der Waals surface area contributed by atoms with Crippen LogP contribution >= 0.6 is 0 Å². The van der Waals surface area contributed by atoms with Gasteiger partial charge in [-0.2, -0.15) is 0 Å². The highest BCUT2D eigenvalue weighted by Gasteiger charge is 2.35. The van der Waals surface area contributed by atoms with Gasteiger partial charge in [0.25, 0.3) is 5.69 Å².